The van der Waals surface area contributed by atoms with Crippen molar-refractivity contribution in [2.24, 2.45) is 5.41 Å². The summed E-state index contributed by atoms with van der Waals surface area (Å²) in [5, 5.41) is 3.86. The lowest BCUT2D eigenvalue weighted by atomic mass is 9.57. The standard InChI is InChI=1S/C15H28N2/c1-2-7-15(8-3-1)9-6-14(15)16-10-13-17-11-4-5-12-17/h14,16H,1-13H2. The lowest BCUT2D eigenvalue weighted by Gasteiger charge is -2.52. The van der Waals surface area contributed by atoms with Crippen LogP contribution in [0.4, 0.5) is 0 Å². The zero-order valence-corrected chi connectivity index (χ0v) is 11.2. The van der Waals surface area contributed by atoms with E-state index in [0.717, 1.165) is 11.5 Å². The fourth-order valence-corrected chi connectivity index (χ4v) is 4.27. The van der Waals surface area contributed by atoms with Gasteiger partial charge >= 0.3 is 0 Å². The van der Waals surface area contributed by atoms with Crippen molar-refractivity contribution >= 4 is 0 Å². The average Bonchev–Trinajstić information content (AvgIpc) is 2.87. The maximum absolute atomic E-state index is 3.86. The van der Waals surface area contributed by atoms with Crippen molar-refractivity contribution in [3.8, 4) is 0 Å². The molecule has 2 aliphatic carbocycles. The van der Waals surface area contributed by atoms with Crippen molar-refractivity contribution in [2.75, 3.05) is 26.2 Å². The molecule has 2 nitrogen and oxygen atoms in total. The van der Waals surface area contributed by atoms with Crippen LogP contribution in [-0.4, -0.2) is 37.1 Å². The van der Waals surface area contributed by atoms with Crippen LogP contribution >= 0.6 is 0 Å². The fourth-order valence-electron chi connectivity index (χ4n) is 4.27. The molecule has 1 N–H and O–H groups in total. The van der Waals surface area contributed by atoms with Crippen LogP contribution in [0.15, 0.2) is 0 Å². The van der Waals surface area contributed by atoms with Crippen molar-refractivity contribution in [1.82, 2.24) is 10.2 Å². The molecule has 1 spiro atoms. The number of hydrogen-bond acceptors (Lipinski definition) is 2. The number of nitrogens with zero attached hydrogens (tertiary/aromatic N) is 1. The largest absolute Gasteiger partial charge is 0.312 e. The van der Waals surface area contributed by atoms with Crippen molar-refractivity contribution in [3.05, 3.63) is 0 Å². The third-order valence-electron chi connectivity index (χ3n) is 5.54. The molecule has 3 rings (SSSR count). The second-order valence-electron chi connectivity index (χ2n) is 6.52. The normalized spacial score (nSPS) is 32.8. The zero-order valence-electron chi connectivity index (χ0n) is 11.2. The van der Waals surface area contributed by atoms with E-state index in [1.807, 2.05) is 0 Å². The van der Waals surface area contributed by atoms with Gasteiger partial charge in [-0.3, -0.25) is 0 Å². The van der Waals surface area contributed by atoms with E-state index < -0.39 is 0 Å². The predicted octanol–water partition coefficient (Wildman–Crippen LogP) is 2.78. The highest BCUT2D eigenvalue weighted by Gasteiger charge is 2.46. The number of likely N-dealkylation sites (tertiary alicyclic amines) is 1. The van der Waals surface area contributed by atoms with E-state index >= 15 is 0 Å². The van der Waals surface area contributed by atoms with Crippen molar-refractivity contribution < 1.29 is 0 Å². The summed E-state index contributed by atoms with van der Waals surface area (Å²) >= 11 is 0. The van der Waals surface area contributed by atoms with Gasteiger partial charge in [-0.2, -0.15) is 0 Å². The molecule has 98 valence electrons. The molecule has 1 aliphatic heterocycles. The molecule has 0 aromatic rings. The molecule has 1 heterocycles. The summed E-state index contributed by atoms with van der Waals surface area (Å²) < 4.78 is 0. The van der Waals surface area contributed by atoms with Crippen molar-refractivity contribution in [2.45, 2.75) is 63.8 Å². The summed E-state index contributed by atoms with van der Waals surface area (Å²) in [6.45, 7) is 5.20. The molecule has 3 aliphatic rings. The molecule has 1 saturated heterocycles. The summed E-state index contributed by atoms with van der Waals surface area (Å²) in [7, 11) is 0. The Hall–Kier alpha value is -0.0800. The minimum absolute atomic E-state index is 0.739. The molecule has 0 amide bonds. The molecule has 2 saturated carbocycles. The summed E-state index contributed by atoms with van der Waals surface area (Å²) in [6, 6.07) is 0.866. The molecule has 0 aromatic heterocycles. The van der Waals surface area contributed by atoms with Crippen LogP contribution in [0.25, 0.3) is 0 Å². The Kier molecular flexibility index (Phi) is 3.72. The monoisotopic (exact) mass is 236 g/mol. The summed E-state index contributed by atoms with van der Waals surface area (Å²) in [4.78, 5) is 2.62. The second-order valence-corrected chi connectivity index (χ2v) is 6.52. The third kappa shape index (κ3) is 2.53. The number of nitrogens with one attached hydrogen (secondary N) is 1. The van der Waals surface area contributed by atoms with Crippen LogP contribution in [0.5, 0.6) is 0 Å². The van der Waals surface area contributed by atoms with Crippen LogP contribution < -0.4 is 5.32 Å². The minimum Gasteiger partial charge on any atom is -0.312 e. The Morgan fingerprint density at radius 2 is 1.71 bits per heavy atom. The average molecular weight is 236 g/mol. The highest BCUT2D eigenvalue weighted by atomic mass is 15.2. The van der Waals surface area contributed by atoms with Crippen LogP contribution in [-0.2, 0) is 0 Å². The van der Waals surface area contributed by atoms with E-state index in [9.17, 15) is 0 Å². The van der Waals surface area contributed by atoms with E-state index in [2.05, 4.69) is 10.2 Å². The summed E-state index contributed by atoms with van der Waals surface area (Å²) in [6.07, 6.45) is 13.3. The molecule has 0 radical (unpaired) electrons. The van der Waals surface area contributed by atoms with Gasteiger partial charge in [0.05, 0.1) is 0 Å². The summed E-state index contributed by atoms with van der Waals surface area (Å²) in [5.41, 5.74) is 0.739. The van der Waals surface area contributed by atoms with Crippen LogP contribution in [0.1, 0.15) is 57.8 Å². The molecular weight excluding hydrogens is 208 g/mol. The van der Waals surface area contributed by atoms with E-state index in [0.29, 0.717) is 0 Å². The molecule has 1 atom stereocenters. The predicted molar refractivity (Wildman–Crippen MR) is 72.2 cm³/mol. The first kappa shape index (κ1) is 12.0. The van der Waals surface area contributed by atoms with Crippen LogP contribution in [0.2, 0.25) is 0 Å². The smallest absolute Gasteiger partial charge is 0.0124 e. The Morgan fingerprint density at radius 3 is 2.35 bits per heavy atom. The Labute approximate surface area is 106 Å². The van der Waals surface area contributed by atoms with Gasteiger partial charge in [-0.1, -0.05) is 19.3 Å². The van der Waals surface area contributed by atoms with Gasteiger partial charge in [-0.05, 0) is 57.0 Å². The fraction of sp³-hybridized carbons (Fsp3) is 1.00. The van der Waals surface area contributed by atoms with E-state index in [-0.39, 0.29) is 0 Å². The molecular formula is C15H28N2. The Morgan fingerprint density at radius 1 is 0.941 bits per heavy atom. The van der Waals surface area contributed by atoms with Crippen molar-refractivity contribution in [1.29, 1.82) is 0 Å². The minimum atomic E-state index is 0.739. The quantitative estimate of drug-likeness (QED) is 0.807. The van der Waals surface area contributed by atoms with Gasteiger partial charge < -0.3 is 10.2 Å². The molecule has 3 fully saturated rings. The zero-order chi connectivity index (χ0) is 11.6. The first-order chi connectivity index (χ1) is 8.39. The second kappa shape index (κ2) is 5.27. The van der Waals surface area contributed by atoms with Gasteiger partial charge in [0, 0.05) is 19.1 Å². The van der Waals surface area contributed by atoms with Crippen LogP contribution in [0, 0.1) is 5.41 Å². The first-order valence-electron chi connectivity index (χ1n) is 7.85. The molecule has 17 heavy (non-hydrogen) atoms. The Balaban J connectivity index is 1.39. The number of hydrogen-bond donors (Lipinski definition) is 1. The lowest BCUT2D eigenvalue weighted by Crippen LogP contribution is -2.55. The highest BCUT2D eigenvalue weighted by molar-refractivity contribution is 5.01. The first-order valence-corrected chi connectivity index (χ1v) is 7.85. The highest BCUT2D eigenvalue weighted by Crippen LogP contribution is 2.51. The molecule has 1 unspecified atom stereocenters. The van der Waals surface area contributed by atoms with Gasteiger partial charge in [0.2, 0.25) is 0 Å². The third-order valence-corrected chi connectivity index (χ3v) is 5.54. The Bertz CT molecular complexity index is 239. The lowest BCUT2D eigenvalue weighted by molar-refractivity contribution is 0.0223. The van der Waals surface area contributed by atoms with Gasteiger partial charge in [0.1, 0.15) is 0 Å². The maximum atomic E-state index is 3.86. The maximum Gasteiger partial charge on any atom is 0.0124 e. The van der Waals surface area contributed by atoms with Gasteiger partial charge in [-0.15, -0.1) is 0 Å². The van der Waals surface area contributed by atoms with E-state index in [1.165, 1.54) is 84.0 Å². The topological polar surface area (TPSA) is 15.3 Å². The van der Waals surface area contributed by atoms with E-state index in [4.69, 9.17) is 0 Å². The van der Waals surface area contributed by atoms with E-state index in [1.54, 1.807) is 0 Å². The van der Waals surface area contributed by atoms with Crippen LogP contribution in [0.3, 0.4) is 0 Å². The number of rotatable bonds is 4. The molecule has 0 aromatic carbocycles. The SMILES string of the molecule is C1CCC2(CC1)CCC2NCCN1CCCC1. The molecule has 0 bridgehead atoms. The van der Waals surface area contributed by atoms with Gasteiger partial charge in [0.25, 0.3) is 0 Å². The summed E-state index contributed by atoms with van der Waals surface area (Å²) in [5.74, 6) is 0. The molecule has 2 heteroatoms. The van der Waals surface area contributed by atoms with Gasteiger partial charge in [-0.25, -0.2) is 0 Å². The van der Waals surface area contributed by atoms with Crippen molar-refractivity contribution in [3.63, 3.8) is 0 Å². The van der Waals surface area contributed by atoms with Gasteiger partial charge in [0.15, 0.2) is 0 Å².